The second-order valence-corrected chi connectivity index (χ2v) is 6.20. The predicted octanol–water partition coefficient (Wildman–Crippen LogP) is 1.16. The highest BCUT2D eigenvalue weighted by atomic mass is 35.5. The topological polar surface area (TPSA) is 75.8 Å². The van der Waals surface area contributed by atoms with Crippen molar-refractivity contribution in [1.29, 1.82) is 0 Å². The molecule has 3 N–H and O–H groups in total. The normalized spacial score (nSPS) is 28.7. The standard InChI is InChI=1S/C15H19ClN2O3/c16-11-1-2-14-10(5-11)8-18(3-4-21-14)15(20)9-6-12(17)13(19)7-9/h1-2,5,9,12-13,19H,3-4,6-8,17H2/t9-,12+,13+/m0/s1. The number of halogens is 1. The van der Waals surface area contributed by atoms with Gasteiger partial charge in [-0.15, -0.1) is 0 Å². The molecule has 21 heavy (non-hydrogen) atoms. The molecule has 0 bridgehead atoms. The van der Waals surface area contributed by atoms with Crippen molar-refractivity contribution < 1.29 is 14.6 Å². The number of aliphatic hydroxyl groups is 1. The van der Waals surface area contributed by atoms with E-state index in [1.807, 2.05) is 12.1 Å². The molecule has 0 aromatic heterocycles. The smallest absolute Gasteiger partial charge is 0.226 e. The number of nitrogens with two attached hydrogens (primary N) is 1. The molecule has 1 aliphatic heterocycles. The molecule has 3 rings (SSSR count). The molecule has 0 spiro atoms. The van der Waals surface area contributed by atoms with Crippen LogP contribution in [0.25, 0.3) is 0 Å². The summed E-state index contributed by atoms with van der Waals surface area (Å²) in [5, 5.41) is 10.4. The van der Waals surface area contributed by atoms with Crippen LogP contribution in [0.15, 0.2) is 18.2 Å². The summed E-state index contributed by atoms with van der Waals surface area (Å²) in [6.45, 7) is 1.48. The number of carbonyl (C=O) groups is 1. The highest BCUT2D eigenvalue weighted by molar-refractivity contribution is 6.30. The number of hydrogen-bond donors (Lipinski definition) is 2. The average molecular weight is 311 g/mol. The maximum absolute atomic E-state index is 12.6. The van der Waals surface area contributed by atoms with E-state index in [9.17, 15) is 9.90 Å². The van der Waals surface area contributed by atoms with Crippen LogP contribution >= 0.6 is 11.6 Å². The first-order chi connectivity index (χ1) is 10.0. The molecule has 1 amide bonds. The molecule has 5 nitrogen and oxygen atoms in total. The molecule has 1 fully saturated rings. The van der Waals surface area contributed by atoms with E-state index in [2.05, 4.69) is 0 Å². The van der Waals surface area contributed by atoms with Crippen molar-refractivity contribution >= 4 is 17.5 Å². The summed E-state index contributed by atoms with van der Waals surface area (Å²) >= 11 is 6.01. The van der Waals surface area contributed by atoms with E-state index in [0.29, 0.717) is 37.6 Å². The van der Waals surface area contributed by atoms with Gasteiger partial charge < -0.3 is 20.5 Å². The van der Waals surface area contributed by atoms with Gasteiger partial charge in [0.2, 0.25) is 5.91 Å². The van der Waals surface area contributed by atoms with E-state index in [4.69, 9.17) is 22.1 Å². The van der Waals surface area contributed by atoms with Gasteiger partial charge in [-0.2, -0.15) is 0 Å². The minimum absolute atomic E-state index is 0.0402. The zero-order valence-electron chi connectivity index (χ0n) is 11.7. The Morgan fingerprint density at radius 2 is 2.24 bits per heavy atom. The van der Waals surface area contributed by atoms with E-state index in [1.165, 1.54) is 0 Å². The summed E-state index contributed by atoms with van der Waals surface area (Å²) in [5.74, 6) is 0.618. The van der Waals surface area contributed by atoms with Crippen molar-refractivity contribution in [2.24, 2.45) is 11.7 Å². The highest BCUT2D eigenvalue weighted by Crippen LogP contribution is 2.30. The summed E-state index contributed by atoms with van der Waals surface area (Å²) in [5.41, 5.74) is 6.71. The van der Waals surface area contributed by atoms with E-state index in [-0.39, 0.29) is 17.9 Å². The summed E-state index contributed by atoms with van der Waals surface area (Å²) in [6, 6.07) is 5.15. The van der Waals surface area contributed by atoms with Crippen LogP contribution < -0.4 is 10.5 Å². The van der Waals surface area contributed by atoms with Crippen LogP contribution in [0.1, 0.15) is 18.4 Å². The van der Waals surface area contributed by atoms with E-state index in [0.717, 1.165) is 11.3 Å². The summed E-state index contributed by atoms with van der Waals surface area (Å²) in [4.78, 5) is 14.4. The third-order valence-electron chi connectivity index (χ3n) is 4.24. The minimum Gasteiger partial charge on any atom is -0.491 e. The predicted molar refractivity (Wildman–Crippen MR) is 79.1 cm³/mol. The molecule has 1 aliphatic carbocycles. The fraction of sp³-hybridized carbons (Fsp3) is 0.533. The quantitative estimate of drug-likeness (QED) is 0.816. The third kappa shape index (κ3) is 3.00. The molecule has 1 aromatic rings. The second kappa shape index (κ2) is 5.83. The van der Waals surface area contributed by atoms with Gasteiger partial charge in [0.15, 0.2) is 0 Å². The molecule has 0 unspecified atom stereocenters. The Kier molecular flexibility index (Phi) is 4.06. The fourth-order valence-corrected chi connectivity index (χ4v) is 3.25. The molecule has 2 aliphatic rings. The van der Waals surface area contributed by atoms with Gasteiger partial charge in [0, 0.05) is 29.1 Å². The lowest BCUT2D eigenvalue weighted by molar-refractivity contribution is -0.136. The lowest BCUT2D eigenvalue weighted by Crippen LogP contribution is -2.36. The first kappa shape index (κ1) is 14.6. The average Bonchev–Trinajstić information content (AvgIpc) is 2.68. The molecule has 0 radical (unpaired) electrons. The van der Waals surface area contributed by atoms with Crippen LogP contribution in [-0.2, 0) is 11.3 Å². The number of carbonyl (C=O) groups excluding carboxylic acids is 1. The Morgan fingerprint density at radius 3 is 2.95 bits per heavy atom. The maximum atomic E-state index is 12.6. The van der Waals surface area contributed by atoms with Gasteiger partial charge in [-0.3, -0.25) is 4.79 Å². The first-order valence-corrected chi connectivity index (χ1v) is 7.56. The van der Waals surface area contributed by atoms with Gasteiger partial charge in [0.1, 0.15) is 12.4 Å². The van der Waals surface area contributed by atoms with Crippen molar-refractivity contribution in [2.75, 3.05) is 13.2 Å². The minimum atomic E-state index is -0.580. The van der Waals surface area contributed by atoms with Crippen LogP contribution in [0, 0.1) is 5.92 Å². The number of rotatable bonds is 1. The molecule has 3 atom stereocenters. The zero-order chi connectivity index (χ0) is 15.0. The van der Waals surface area contributed by atoms with Crippen molar-refractivity contribution in [3.05, 3.63) is 28.8 Å². The van der Waals surface area contributed by atoms with E-state index >= 15 is 0 Å². The van der Waals surface area contributed by atoms with Gasteiger partial charge in [-0.1, -0.05) is 11.6 Å². The molecule has 1 heterocycles. The van der Waals surface area contributed by atoms with E-state index in [1.54, 1.807) is 11.0 Å². The number of hydrogen-bond acceptors (Lipinski definition) is 4. The Balaban J connectivity index is 1.76. The van der Waals surface area contributed by atoms with Gasteiger partial charge >= 0.3 is 0 Å². The Labute approximate surface area is 128 Å². The number of nitrogens with zero attached hydrogens (tertiary/aromatic N) is 1. The van der Waals surface area contributed by atoms with Crippen LogP contribution in [-0.4, -0.2) is 41.2 Å². The summed E-state index contributed by atoms with van der Waals surface area (Å²) in [7, 11) is 0. The SMILES string of the molecule is N[C@@H]1C[C@H](C(=O)N2CCOc3ccc(Cl)cc3C2)C[C@H]1O. The Hall–Kier alpha value is -1.30. The summed E-state index contributed by atoms with van der Waals surface area (Å²) < 4.78 is 5.66. The Bertz CT molecular complexity index is 542. The number of amides is 1. The van der Waals surface area contributed by atoms with Crippen molar-refractivity contribution in [3.8, 4) is 5.75 Å². The number of aliphatic hydroxyl groups excluding tert-OH is 1. The second-order valence-electron chi connectivity index (χ2n) is 5.76. The molecule has 1 aromatic carbocycles. The summed E-state index contributed by atoms with van der Waals surface area (Å²) in [6.07, 6.45) is 0.406. The number of benzene rings is 1. The van der Waals surface area contributed by atoms with Gasteiger partial charge in [-0.05, 0) is 31.0 Å². The van der Waals surface area contributed by atoms with Crippen molar-refractivity contribution in [2.45, 2.75) is 31.5 Å². The largest absolute Gasteiger partial charge is 0.491 e. The molecular formula is C15H19ClN2O3. The fourth-order valence-electron chi connectivity index (χ4n) is 3.06. The molecule has 6 heteroatoms. The number of fused-ring (bicyclic) bond motifs is 1. The van der Waals surface area contributed by atoms with Crippen LogP contribution in [0.3, 0.4) is 0 Å². The zero-order valence-corrected chi connectivity index (χ0v) is 12.4. The third-order valence-corrected chi connectivity index (χ3v) is 4.48. The molecular weight excluding hydrogens is 292 g/mol. The highest BCUT2D eigenvalue weighted by Gasteiger charge is 2.37. The van der Waals surface area contributed by atoms with Crippen molar-refractivity contribution in [3.63, 3.8) is 0 Å². The van der Waals surface area contributed by atoms with Crippen LogP contribution in [0.4, 0.5) is 0 Å². The van der Waals surface area contributed by atoms with Gasteiger partial charge in [-0.25, -0.2) is 0 Å². The lowest BCUT2D eigenvalue weighted by atomic mass is 10.1. The molecule has 1 saturated carbocycles. The first-order valence-electron chi connectivity index (χ1n) is 7.18. The number of ether oxygens (including phenoxy) is 1. The monoisotopic (exact) mass is 310 g/mol. The Morgan fingerprint density at radius 1 is 1.43 bits per heavy atom. The van der Waals surface area contributed by atoms with Crippen molar-refractivity contribution in [1.82, 2.24) is 4.90 Å². The van der Waals surface area contributed by atoms with Crippen LogP contribution in [0.5, 0.6) is 5.75 Å². The van der Waals surface area contributed by atoms with Crippen LogP contribution in [0.2, 0.25) is 5.02 Å². The lowest BCUT2D eigenvalue weighted by Gasteiger charge is -2.23. The molecule has 114 valence electrons. The molecule has 0 saturated heterocycles. The van der Waals surface area contributed by atoms with Gasteiger partial charge in [0.05, 0.1) is 12.6 Å². The van der Waals surface area contributed by atoms with E-state index < -0.39 is 6.10 Å². The van der Waals surface area contributed by atoms with Gasteiger partial charge in [0.25, 0.3) is 0 Å². The maximum Gasteiger partial charge on any atom is 0.226 e.